The standard InChI is InChI=1S/C16H21ClN2O2/c1-15(2)13-11(7-8-21-13)16(15,18)14(20)19-9-10-5-3-4-6-12(10)17/h3-6,11,13H,7-9,18H2,1-2H3,(H,19,20). The lowest BCUT2D eigenvalue weighted by Crippen LogP contribution is -2.80. The number of benzene rings is 1. The molecule has 0 spiro atoms. The van der Waals surface area contributed by atoms with Crippen LogP contribution in [0, 0.1) is 11.3 Å². The van der Waals surface area contributed by atoms with Crippen LogP contribution in [0.5, 0.6) is 0 Å². The number of hydrogen-bond acceptors (Lipinski definition) is 3. The highest BCUT2D eigenvalue weighted by Crippen LogP contribution is 2.58. The van der Waals surface area contributed by atoms with Gasteiger partial charge < -0.3 is 15.8 Å². The maximum Gasteiger partial charge on any atom is 0.241 e. The van der Waals surface area contributed by atoms with Crippen LogP contribution in [0.2, 0.25) is 5.02 Å². The highest BCUT2D eigenvalue weighted by atomic mass is 35.5. The van der Waals surface area contributed by atoms with Crippen LogP contribution in [0.15, 0.2) is 24.3 Å². The molecular weight excluding hydrogens is 288 g/mol. The van der Waals surface area contributed by atoms with E-state index in [9.17, 15) is 4.79 Å². The van der Waals surface area contributed by atoms with Crippen LogP contribution in [-0.4, -0.2) is 24.2 Å². The van der Waals surface area contributed by atoms with Crippen molar-refractivity contribution in [3.8, 4) is 0 Å². The van der Waals surface area contributed by atoms with E-state index in [0.717, 1.165) is 12.0 Å². The number of nitrogens with two attached hydrogens (primary N) is 1. The number of halogens is 1. The molecule has 0 aromatic heterocycles. The maximum atomic E-state index is 12.7. The number of hydrogen-bond donors (Lipinski definition) is 2. The van der Waals surface area contributed by atoms with E-state index in [4.69, 9.17) is 22.1 Å². The van der Waals surface area contributed by atoms with Crippen LogP contribution in [0.1, 0.15) is 25.8 Å². The predicted molar refractivity (Wildman–Crippen MR) is 81.8 cm³/mol. The summed E-state index contributed by atoms with van der Waals surface area (Å²) in [4.78, 5) is 12.7. The number of nitrogens with one attached hydrogen (secondary N) is 1. The Hall–Kier alpha value is -1.10. The fourth-order valence-electron chi connectivity index (χ4n) is 3.81. The van der Waals surface area contributed by atoms with Crippen molar-refractivity contribution in [2.45, 2.75) is 38.5 Å². The summed E-state index contributed by atoms with van der Waals surface area (Å²) in [6.07, 6.45) is 0.943. The Balaban J connectivity index is 1.72. The van der Waals surface area contributed by atoms with Crippen LogP contribution < -0.4 is 11.1 Å². The van der Waals surface area contributed by atoms with Gasteiger partial charge in [-0.3, -0.25) is 4.79 Å². The highest BCUT2D eigenvalue weighted by molar-refractivity contribution is 6.31. The normalized spacial score (nSPS) is 33.1. The van der Waals surface area contributed by atoms with Gasteiger partial charge in [-0.05, 0) is 18.1 Å². The van der Waals surface area contributed by atoms with Crippen molar-refractivity contribution in [1.29, 1.82) is 0 Å². The molecule has 0 bridgehead atoms. The average molecular weight is 309 g/mol. The fraction of sp³-hybridized carbons (Fsp3) is 0.562. The van der Waals surface area contributed by atoms with Crippen molar-refractivity contribution in [2.75, 3.05) is 6.61 Å². The number of amides is 1. The van der Waals surface area contributed by atoms with Crippen molar-refractivity contribution in [1.82, 2.24) is 5.32 Å². The molecular formula is C16H21ClN2O2. The van der Waals surface area contributed by atoms with Gasteiger partial charge in [0.25, 0.3) is 0 Å². The van der Waals surface area contributed by atoms with Gasteiger partial charge in [0.1, 0.15) is 5.54 Å². The molecule has 3 unspecified atom stereocenters. The third kappa shape index (κ3) is 2.00. The first-order chi connectivity index (χ1) is 9.89. The minimum absolute atomic E-state index is 0.0913. The summed E-state index contributed by atoms with van der Waals surface area (Å²) >= 11 is 6.11. The maximum absolute atomic E-state index is 12.7. The average Bonchev–Trinajstić information content (AvgIpc) is 2.93. The Morgan fingerprint density at radius 1 is 1.48 bits per heavy atom. The second kappa shape index (κ2) is 4.97. The molecule has 2 fully saturated rings. The Morgan fingerprint density at radius 3 is 2.90 bits per heavy atom. The molecule has 2 aliphatic rings. The molecule has 5 heteroatoms. The van der Waals surface area contributed by atoms with E-state index in [1.165, 1.54) is 0 Å². The van der Waals surface area contributed by atoms with Crippen molar-refractivity contribution < 1.29 is 9.53 Å². The van der Waals surface area contributed by atoms with Gasteiger partial charge in [0, 0.05) is 29.5 Å². The Labute approximate surface area is 130 Å². The van der Waals surface area contributed by atoms with Gasteiger partial charge in [-0.15, -0.1) is 0 Å². The summed E-state index contributed by atoms with van der Waals surface area (Å²) in [5.41, 5.74) is 6.17. The summed E-state index contributed by atoms with van der Waals surface area (Å²) < 4.78 is 5.71. The summed E-state index contributed by atoms with van der Waals surface area (Å²) in [6, 6.07) is 7.49. The lowest BCUT2D eigenvalue weighted by molar-refractivity contribution is -0.175. The SMILES string of the molecule is CC1(C)C2OCCC2C1(N)C(=O)NCc1ccccc1Cl. The third-order valence-electron chi connectivity index (χ3n) is 5.23. The lowest BCUT2D eigenvalue weighted by Gasteiger charge is -2.60. The van der Waals surface area contributed by atoms with E-state index in [0.29, 0.717) is 18.2 Å². The molecule has 1 aromatic carbocycles. The molecule has 1 amide bonds. The fourth-order valence-corrected chi connectivity index (χ4v) is 4.01. The van der Waals surface area contributed by atoms with E-state index in [2.05, 4.69) is 5.32 Å². The van der Waals surface area contributed by atoms with Crippen LogP contribution in [-0.2, 0) is 16.1 Å². The van der Waals surface area contributed by atoms with Crippen molar-refractivity contribution in [2.24, 2.45) is 17.1 Å². The summed E-state index contributed by atoms with van der Waals surface area (Å²) in [5.74, 6) is -0.00193. The van der Waals surface area contributed by atoms with Gasteiger partial charge in [-0.25, -0.2) is 0 Å². The van der Waals surface area contributed by atoms with E-state index >= 15 is 0 Å². The first-order valence-electron chi connectivity index (χ1n) is 7.31. The molecule has 1 heterocycles. The van der Waals surface area contributed by atoms with Gasteiger partial charge in [0.05, 0.1) is 6.10 Å². The van der Waals surface area contributed by atoms with E-state index < -0.39 is 5.54 Å². The van der Waals surface area contributed by atoms with Crippen LogP contribution in [0.3, 0.4) is 0 Å². The topological polar surface area (TPSA) is 64.3 Å². The van der Waals surface area contributed by atoms with Gasteiger partial charge in [0.15, 0.2) is 0 Å². The minimum atomic E-state index is -0.866. The zero-order chi connectivity index (χ0) is 15.3. The number of rotatable bonds is 3. The zero-order valence-electron chi connectivity index (χ0n) is 12.4. The van der Waals surface area contributed by atoms with E-state index in [1.807, 2.05) is 38.1 Å². The van der Waals surface area contributed by atoms with Gasteiger partial charge in [0.2, 0.25) is 5.91 Å². The molecule has 1 aliphatic carbocycles. The molecule has 3 atom stereocenters. The molecule has 3 rings (SSSR count). The largest absolute Gasteiger partial charge is 0.377 e. The number of carbonyl (C=O) groups excluding carboxylic acids is 1. The first kappa shape index (κ1) is 14.8. The highest BCUT2D eigenvalue weighted by Gasteiger charge is 2.71. The van der Waals surface area contributed by atoms with E-state index in [-0.39, 0.29) is 23.3 Å². The number of fused-ring (bicyclic) bond motifs is 1. The van der Waals surface area contributed by atoms with E-state index in [1.54, 1.807) is 0 Å². The molecule has 1 saturated heterocycles. The number of ether oxygens (including phenoxy) is 1. The molecule has 21 heavy (non-hydrogen) atoms. The van der Waals surface area contributed by atoms with Gasteiger partial charge in [-0.1, -0.05) is 43.6 Å². The molecule has 114 valence electrons. The van der Waals surface area contributed by atoms with Gasteiger partial charge >= 0.3 is 0 Å². The van der Waals surface area contributed by atoms with Crippen molar-refractivity contribution in [3.63, 3.8) is 0 Å². The molecule has 3 N–H and O–H groups in total. The quantitative estimate of drug-likeness (QED) is 0.899. The second-order valence-corrected chi connectivity index (χ2v) is 6.96. The van der Waals surface area contributed by atoms with Gasteiger partial charge in [-0.2, -0.15) is 0 Å². The lowest BCUT2D eigenvalue weighted by atomic mass is 9.48. The smallest absolute Gasteiger partial charge is 0.241 e. The summed E-state index contributed by atoms with van der Waals surface area (Å²) in [5, 5.41) is 3.60. The molecule has 0 radical (unpaired) electrons. The van der Waals surface area contributed by atoms with Crippen LogP contribution in [0.4, 0.5) is 0 Å². The summed E-state index contributed by atoms with van der Waals surface area (Å²) in [6.45, 7) is 5.10. The Morgan fingerprint density at radius 2 is 2.19 bits per heavy atom. The first-order valence-corrected chi connectivity index (χ1v) is 7.69. The molecule has 1 aliphatic heterocycles. The van der Waals surface area contributed by atoms with Crippen LogP contribution >= 0.6 is 11.6 Å². The molecule has 1 saturated carbocycles. The molecule has 4 nitrogen and oxygen atoms in total. The van der Waals surface area contributed by atoms with Crippen molar-refractivity contribution >= 4 is 17.5 Å². The second-order valence-electron chi connectivity index (χ2n) is 6.55. The Kier molecular flexibility index (Phi) is 3.51. The van der Waals surface area contributed by atoms with Crippen molar-refractivity contribution in [3.05, 3.63) is 34.9 Å². The summed E-state index contributed by atoms with van der Waals surface area (Å²) in [7, 11) is 0. The monoisotopic (exact) mass is 308 g/mol. The number of carbonyl (C=O) groups is 1. The Bertz CT molecular complexity index is 575. The van der Waals surface area contributed by atoms with Crippen LogP contribution in [0.25, 0.3) is 0 Å². The molecule has 1 aromatic rings. The zero-order valence-corrected chi connectivity index (χ0v) is 13.1. The third-order valence-corrected chi connectivity index (χ3v) is 5.60. The minimum Gasteiger partial charge on any atom is -0.377 e. The predicted octanol–water partition coefficient (Wildman–Crippen LogP) is 2.10.